The largest absolute Gasteiger partial charge is 0.377 e. The molecule has 0 aromatic heterocycles. The molecule has 118 valence electrons. The van der Waals surface area contributed by atoms with Gasteiger partial charge in [0.2, 0.25) is 10.0 Å². The summed E-state index contributed by atoms with van der Waals surface area (Å²) in [5.41, 5.74) is 0.494. The molecule has 1 aliphatic heterocycles. The van der Waals surface area contributed by atoms with Crippen LogP contribution in [0.25, 0.3) is 0 Å². The van der Waals surface area contributed by atoms with Gasteiger partial charge in [0, 0.05) is 24.6 Å². The van der Waals surface area contributed by atoms with E-state index in [0.717, 1.165) is 0 Å². The number of ether oxygens (including phenoxy) is 1. The molecule has 2 unspecified atom stereocenters. The van der Waals surface area contributed by atoms with Crippen molar-refractivity contribution < 1.29 is 13.2 Å². The smallest absolute Gasteiger partial charge is 0.244 e. The summed E-state index contributed by atoms with van der Waals surface area (Å²) in [6, 6.07) is 2.70. The predicted octanol–water partition coefficient (Wildman–Crippen LogP) is 3.53. The van der Waals surface area contributed by atoms with E-state index in [9.17, 15) is 8.42 Å². The Morgan fingerprint density at radius 2 is 2.05 bits per heavy atom. The average Bonchev–Trinajstić information content (AvgIpc) is 2.85. The Bertz CT molecular complexity index is 636. The van der Waals surface area contributed by atoms with Crippen LogP contribution in [0.2, 0.25) is 10.0 Å². The van der Waals surface area contributed by atoms with Gasteiger partial charge in [0.25, 0.3) is 0 Å². The molecule has 0 radical (unpaired) electrons. The number of nitrogens with zero attached hydrogens (tertiary/aromatic N) is 1. The highest BCUT2D eigenvalue weighted by atomic mass is 35.5. The fraction of sp³-hybridized carbons (Fsp3) is 0.538. The summed E-state index contributed by atoms with van der Waals surface area (Å²) >= 11 is 17.9. The molecule has 1 aromatic carbocycles. The van der Waals surface area contributed by atoms with Crippen LogP contribution in [0.15, 0.2) is 17.0 Å². The van der Waals surface area contributed by atoms with Crippen LogP contribution in [0.1, 0.15) is 18.9 Å². The highest BCUT2D eigenvalue weighted by molar-refractivity contribution is 7.89. The molecule has 0 aliphatic carbocycles. The van der Waals surface area contributed by atoms with E-state index in [1.807, 2.05) is 6.92 Å². The maximum Gasteiger partial charge on any atom is 0.244 e. The van der Waals surface area contributed by atoms with Crippen molar-refractivity contribution in [3.63, 3.8) is 0 Å². The fourth-order valence-corrected chi connectivity index (χ4v) is 5.06. The zero-order valence-electron chi connectivity index (χ0n) is 11.6. The van der Waals surface area contributed by atoms with Gasteiger partial charge in [-0.15, -0.1) is 11.6 Å². The second-order valence-corrected chi connectivity index (χ2v) is 8.01. The average molecular weight is 373 g/mol. The van der Waals surface area contributed by atoms with Crippen LogP contribution < -0.4 is 0 Å². The molecule has 8 heteroatoms. The van der Waals surface area contributed by atoms with Crippen LogP contribution in [-0.4, -0.2) is 38.5 Å². The lowest BCUT2D eigenvalue weighted by Crippen LogP contribution is -2.41. The first-order valence-corrected chi connectivity index (χ1v) is 9.15. The second kappa shape index (κ2) is 6.60. The van der Waals surface area contributed by atoms with E-state index >= 15 is 0 Å². The van der Waals surface area contributed by atoms with Crippen LogP contribution >= 0.6 is 34.8 Å². The van der Waals surface area contributed by atoms with Crippen molar-refractivity contribution in [3.05, 3.63) is 27.7 Å². The van der Waals surface area contributed by atoms with E-state index in [1.54, 1.807) is 6.07 Å². The van der Waals surface area contributed by atoms with Crippen molar-refractivity contribution in [3.8, 4) is 0 Å². The molecular formula is C13H16Cl3NO3S. The topological polar surface area (TPSA) is 46.6 Å². The Balaban J connectivity index is 2.46. The number of hydrogen-bond acceptors (Lipinski definition) is 3. The lowest BCUT2D eigenvalue weighted by molar-refractivity contribution is 0.102. The minimum absolute atomic E-state index is 0.0195. The van der Waals surface area contributed by atoms with Gasteiger partial charge in [0.1, 0.15) is 4.90 Å². The first kappa shape index (κ1) is 17.3. The molecule has 21 heavy (non-hydrogen) atoms. The van der Waals surface area contributed by atoms with Gasteiger partial charge >= 0.3 is 0 Å². The van der Waals surface area contributed by atoms with Gasteiger partial charge in [-0.2, -0.15) is 4.31 Å². The zero-order valence-corrected chi connectivity index (χ0v) is 14.7. The molecule has 1 heterocycles. The predicted molar refractivity (Wildman–Crippen MR) is 84.8 cm³/mol. The molecule has 0 bridgehead atoms. The van der Waals surface area contributed by atoms with Crippen LogP contribution in [-0.2, 0) is 20.6 Å². The molecule has 1 aliphatic rings. The fourth-order valence-electron chi connectivity index (χ4n) is 2.43. The number of halogens is 3. The highest BCUT2D eigenvalue weighted by Crippen LogP contribution is 2.34. The van der Waals surface area contributed by atoms with E-state index in [-0.39, 0.29) is 33.0 Å². The molecule has 2 atom stereocenters. The van der Waals surface area contributed by atoms with Gasteiger partial charge in [-0.1, -0.05) is 23.2 Å². The van der Waals surface area contributed by atoms with Crippen molar-refractivity contribution in [1.29, 1.82) is 0 Å². The molecule has 0 amide bonds. The Morgan fingerprint density at radius 3 is 2.57 bits per heavy atom. The van der Waals surface area contributed by atoms with Crippen LogP contribution in [0, 0.1) is 0 Å². The van der Waals surface area contributed by atoms with E-state index in [4.69, 9.17) is 39.5 Å². The molecule has 1 aromatic rings. The molecule has 2 rings (SSSR count). The number of benzene rings is 1. The quantitative estimate of drug-likeness (QED) is 0.760. The monoisotopic (exact) mass is 371 g/mol. The van der Waals surface area contributed by atoms with E-state index in [2.05, 4.69) is 0 Å². The van der Waals surface area contributed by atoms with E-state index < -0.39 is 10.0 Å². The lowest BCUT2D eigenvalue weighted by atomic mass is 10.2. The molecule has 1 saturated heterocycles. The summed E-state index contributed by atoms with van der Waals surface area (Å²) in [7, 11) is -2.23. The maximum absolute atomic E-state index is 12.8. The van der Waals surface area contributed by atoms with Crippen molar-refractivity contribution in [2.24, 2.45) is 0 Å². The Labute approximate surface area is 140 Å². The standard InChI is InChI=1S/C13H16Cl3NO3S/c1-8-11(3-4-20-8)17(2)21(18,19)12-6-10(15)5-9(7-14)13(12)16/h5-6,8,11H,3-4,7H2,1-2H3. The van der Waals surface area contributed by atoms with E-state index in [1.165, 1.54) is 17.4 Å². The van der Waals surface area contributed by atoms with Crippen LogP contribution in [0.5, 0.6) is 0 Å². The maximum atomic E-state index is 12.8. The van der Waals surface area contributed by atoms with Crippen molar-refractivity contribution >= 4 is 44.8 Å². The van der Waals surface area contributed by atoms with Crippen LogP contribution in [0.3, 0.4) is 0 Å². The van der Waals surface area contributed by atoms with Crippen molar-refractivity contribution in [2.75, 3.05) is 13.7 Å². The third-order valence-electron chi connectivity index (χ3n) is 3.68. The van der Waals surface area contributed by atoms with Gasteiger partial charge in [-0.3, -0.25) is 0 Å². The third kappa shape index (κ3) is 3.33. The summed E-state index contributed by atoms with van der Waals surface area (Å²) in [5.74, 6) is 0.0918. The normalized spacial score (nSPS) is 23.0. The molecule has 1 fully saturated rings. The number of rotatable bonds is 4. The number of sulfonamides is 1. The minimum Gasteiger partial charge on any atom is -0.377 e. The van der Waals surface area contributed by atoms with Crippen molar-refractivity contribution in [2.45, 2.75) is 36.3 Å². The Morgan fingerprint density at radius 1 is 1.38 bits per heavy atom. The Hall–Kier alpha value is -0.0400. The molecule has 0 saturated carbocycles. The minimum atomic E-state index is -3.76. The second-order valence-electron chi connectivity index (χ2n) is 4.96. The van der Waals surface area contributed by atoms with Gasteiger partial charge in [0.15, 0.2) is 0 Å². The Kier molecular flexibility index (Phi) is 5.45. The molecular weight excluding hydrogens is 357 g/mol. The zero-order chi connectivity index (χ0) is 15.8. The van der Waals surface area contributed by atoms with Crippen molar-refractivity contribution in [1.82, 2.24) is 4.31 Å². The lowest BCUT2D eigenvalue weighted by Gasteiger charge is -2.26. The van der Waals surface area contributed by atoms with Gasteiger partial charge in [-0.25, -0.2) is 8.42 Å². The van der Waals surface area contributed by atoms with Gasteiger partial charge < -0.3 is 4.74 Å². The summed E-state index contributed by atoms with van der Waals surface area (Å²) in [6.45, 7) is 2.40. The summed E-state index contributed by atoms with van der Waals surface area (Å²) < 4.78 is 32.3. The highest BCUT2D eigenvalue weighted by Gasteiger charge is 2.36. The molecule has 0 N–H and O–H groups in total. The molecule has 4 nitrogen and oxygen atoms in total. The molecule has 0 spiro atoms. The van der Waals surface area contributed by atoms with Crippen LogP contribution in [0.4, 0.5) is 0 Å². The summed E-state index contributed by atoms with van der Waals surface area (Å²) in [4.78, 5) is -0.0195. The third-order valence-corrected chi connectivity index (χ3v) is 6.65. The van der Waals surface area contributed by atoms with E-state index in [0.29, 0.717) is 18.6 Å². The number of likely N-dealkylation sites (N-methyl/N-ethyl adjacent to an activating group) is 1. The van der Waals surface area contributed by atoms with Gasteiger partial charge in [0.05, 0.1) is 17.2 Å². The SMILES string of the molecule is CC1OCCC1N(C)S(=O)(=O)c1cc(Cl)cc(CCl)c1Cl. The first-order valence-electron chi connectivity index (χ1n) is 6.42. The summed E-state index contributed by atoms with van der Waals surface area (Å²) in [6.07, 6.45) is 0.493. The summed E-state index contributed by atoms with van der Waals surface area (Å²) in [5, 5.41) is 0.408. The number of alkyl halides is 1. The first-order chi connectivity index (χ1) is 9.78. The number of hydrogen-bond donors (Lipinski definition) is 0. The van der Waals surface area contributed by atoms with Gasteiger partial charge in [-0.05, 0) is 31.0 Å².